The van der Waals surface area contributed by atoms with Crippen molar-refractivity contribution in [1.29, 1.82) is 0 Å². The quantitative estimate of drug-likeness (QED) is 0.0272. The molecular formula is C45H79NO6. The second-order valence-corrected chi connectivity index (χ2v) is 14.4. The van der Waals surface area contributed by atoms with Crippen molar-refractivity contribution in [1.82, 2.24) is 4.90 Å². The van der Waals surface area contributed by atoms with E-state index in [1.165, 1.54) is 64.2 Å². The Bertz CT molecular complexity index is 891. The molecule has 0 saturated heterocycles. The SMILES string of the molecule is CCCCCC=CCC=CCCCCCCCC(=O)OCC(COC(=O)CCCCCCCC=CCC=CCCCCC)COC(=O)CCN(C)C. The predicted octanol–water partition coefficient (Wildman–Crippen LogP) is 11.8. The second kappa shape index (κ2) is 39.5. The Kier molecular flexibility index (Phi) is 37.5. The number of esters is 3. The van der Waals surface area contributed by atoms with Crippen LogP contribution in [0, 0.1) is 5.92 Å². The number of hydrogen-bond acceptors (Lipinski definition) is 7. The molecule has 0 aliphatic heterocycles. The fourth-order valence-corrected chi connectivity index (χ4v) is 5.47. The summed E-state index contributed by atoms with van der Waals surface area (Å²) in [6.07, 6.45) is 44.0. The average molecular weight is 730 g/mol. The molecule has 7 heteroatoms. The minimum atomic E-state index is -0.384. The van der Waals surface area contributed by atoms with Crippen molar-refractivity contribution in [2.75, 3.05) is 40.5 Å². The zero-order valence-electron chi connectivity index (χ0n) is 34.1. The third-order valence-electron chi connectivity index (χ3n) is 8.87. The topological polar surface area (TPSA) is 82.1 Å². The number of allylic oxidation sites excluding steroid dienone is 8. The van der Waals surface area contributed by atoms with Crippen LogP contribution in [0.25, 0.3) is 0 Å². The summed E-state index contributed by atoms with van der Waals surface area (Å²) in [5, 5.41) is 0. The molecular weight excluding hydrogens is 650 g/mol. The van der Waals surface area contributed by atoms with Gasteiger partial charge in [-0.1, -0.05) is 127 Å². The van der Waals surface area contributed by atoms with E-state index >= 15 is 0 Å². The van der Waals surface area contributed by atoms with Crippen LogP contribution in [-0.2, 0) is 28.6 Å². The number of unbranched alkanes of at least 4 members (excludes halogenated alkanes) is 16. The molecule has 0 rings (SSSR count). The number of carbonyl (C=O) groups is 3. The molecule has 0 N–H and O–H groups in total. The first kappa shape index (κ1) is 49.3. The lowest BCUT2D eigenvalue weighted by molar-refractivity contribution is -0.153. The summed E-state index contributed by atoms with van der Waals surface area (Å²) >= 11 is 0. The van der Waals surface area contributed by atoms with Crippen molar-refractivity contribution in [2.24, 2.45) is 5.92 Å². The minimum Gasteiger partial charge on any atom is -0.465 e. The van der Waals surface area contributed by atoms with Crippen LogP contribution in [-0.4, -0.2) is 63.3 Å². The van der Waals surface area contributed by atoms with Crippen LogP contribution in [0.1, 0.15) is 174 Å². The molecule has 0 heterocycles. The molecule has 0 radical (unpaired) electrons. The highest BCUT2D eigenvalue weighted by Gasteiger charge is 2.18. The van der Waals surface area contributed by atoms with Gasteiger partial charge in [-0.3, -0.25) is 14.4 Å². The van der Waals surface area contributed by atoms with Crippen molar-refractivity contribution in [2.45, 2.75) is 174 Å². The fraction of sp³-hybridized carbons (Fsp3) is 0.756. The maximum absolute atomic E-state index is 12.4. The number of carbonyl (C=O) groups excluding carboxylic acids is 3. The van der Waals surface area contributed by atoms with Crippen molar-refractivity contribution in [3.63, 3.8) is 0 Å². The zero-order chi connectivity index (χ0) is 38.2. The first-order valence-electron chi connectivity index (χ1n) is 21.1. The maximum Gasteiger partial charge on any atom is 0.307 e. The molecule has 0 amide bonds. The van der Waals surface area contributed by atoms with Gasteiger partial charge in [0.05, 0.1) is 12.3 Å². The predicted molar refractivity (Wildman–Crippen MR) is 218 cm³/mol. The molecule has 52 heavy (non-hydrogen) atoms. The van der Waals surface area contributed by atoms with Crippen molar-refractivity contribution in [3.8, 4) is 0 Å². The van der Waals surface area contributed by atoms with E-state index in [-0.39, 0.29) is 50.1 Å². The van der Waals surface area contributed by atoms with Gasteiger partial charge < -0.3 is 19.1 Å². The molecule has 0 aromatic carbocycles. The van der Waals surface area contributed by atoms with E-state index in [1.807, 2.05) is 19.0 Å². The van der Waals surface area contributed by atoms with Crippen LogP contribution in [0.3, 0.4) is 0 Å². The molecule has 0 saturated carbocycles. The third-order valence-corrected chi connectivity index (χ3v) is 8.87. The summed E-state index contributed by atoms with van der Waals surface area (Å²) in [6, 6.07) is 0. The molecule has 0 atom stereocenters. The van der Waals surface area contributed by atoms with E-state index in [1.54, 1.807) is 0 Å². The molecule has 0 unspecified atom stereocenters. The van der Waals surface area contributed by atoms with Gasteiger partial charge in [-0.05, 0) is 91.1 Å². The van der Waals surface area contributed by atoms with E-state index < -0.39 is 0 Å². The van der Waals surface area contributed by atoms with Gasteiger partial charge >= 0.3 is 17.9 Å². The van der Waals surface area contributed by atoms with Gasteiger partial charge in [0.2, 0.25) is 0 Å². The normalized spacial score (nSPS) is 12.6. The first-order valence-corrected chi connectivity index (χ1v) is 21.1. The lowest BCUT2D eigenvalue weighted by Crippen LogP contribution is -2.27. The first-order chi connectivity index (χ1) is 25.4. The van der Waals surface area contributed by atoms with E-state index in [0.717, 1.165) is 77.0 Å². The van der Waals surface area contributed by atoms with Crippen LogP contribution in [0.2, 0.25) is 0 Å². The summed E-state index contributed by atoms with van der Waals surface area (Å²) in [5.74, 6) is -1.21. The minimum absolute atomic E-state index is 0.0558. The monoisotopic (exact) mass is 730 g/mol. The van der Waals surface area contributed by atoms with Crippen LogP contribution in [0.15, 0.2) is 48.6 Å². The summed E-state index contributed by atoms with van der Waals surface area (Å²) in [6.45, 7) is 5.25. The Hall–Kier alpha value is -2.67. The zero-order valence-corrected chi connectivity index (χ0v) is 34.1. The van der Waals surface area contributed by atoms with Crippen LogP contribution in [0.4, 0.5) is 0 Å². The number of hydrogen-bond donors (Lipinski definition) is 0. The summed E-state index contributed by atoms with van der Waals surface area (Å²) in [4.78, 5) is 39.0. The van der Waals surface area contributed by atoms with Crippen molar-refractivity contribution < 1.29 is 28.6 Å². The van der Waals surface area contributed by atoms with E-state index in [9.17, 15) is 14.4 Å². The lowest BCUT2D eigenvalue weighted by Gasteiger charge is -2.18. The Morgan fingerprint density at radius 1 is 0.442 bits per heavy atom. The molecule has 0 fully saturated rings. The average Bonchev–Trinajstić information content (AvgIpc) is 3.13. The van der Waals surface area contributed by atoms with Gasteiger partial charge in [0.25, 0.3) is 0 Å². The van der Waals surface area contributed by atoms with Gasteiger partial charge in [-0.15, -0.1) is 0 Å². The van der Waals surface area contributed by atoms with Crippen LogP contribution in [0.5, 0.6) is 0 Å². The molecule has 0 aromatic heterocycles. The largest absolute Gasteiger partial charge is 0.465 e. The lowest BCUT2D eigenvalue weighted by atomic mass is 10.1. The number of ether oxygens (including phenoxy) is 3. The second-order valence-electron chi connectivity index (χ2n) is 14.4. The molecule has 0 aromatic rings. The Balaban J connectivity index is 4.19. The highest BCUT2D eigenvalue weighted by atomic mass is 16.6. The smallest absolute Gasteiger partial charge is 0.307 e. The van der Waals surface area contributed by atoms with Gasteiger partial charge in [-0.25, -0.2) is 0 Å². The Morgan fingerprint density at radius 2 is 0.769 bits per heavy atom. The van der Waals surface area contributed by atoms with E-state index in [2.05, 4.69) is 62.5 Å². The molecule has 0 spiro atoms. The molecule has 0 aliphatic carbocycles. The van der Waals surface area contributed by atoms with Crippen molar-refractivity contribution in [3.05, 3.63) is 48.6 Å². The fourth-order valence-electron chi connectivity index (χ4n) is 5.47. The molecule has 7 nitrogen and oxygen atoms in total. The Morgan fingerprint density at radius 3 is 1.13 bits per heavy atom. The highest BCUT2D eigenvalue weighted by Crippen LogP contribution is 2.12. The molecule has 300 valence electrons. The maximum atomic E-state index is 12.4. The Labute approximate surface area is 320 Å². The molecule has 0 aliphatic rings. The van der Waals surface area contributed by atoms with Gasteiger partial charge in [0.15, 0.2) is 0 Å². The third kappa shape index (κ3) is 38.6. The van der Waals surface area contributed by atoms with Crippen LogP contribution >= 0.6 is 0 Å². The van der Waals surface area contributed by atoms with Crippen molar-refractivity contribution >= 4 is 17.9 Å². The number of nitrogens with zero attached hydrogens (tertiary/aromatic N) is 1. The van der Waals surface area contributed by atoms with E-state index in [4.69, 9.17) is 14.2 Å². The van der Waals surface area contributed by atoms with Gasteiger partial charge in [0, 0.05) is 19.4 Å². The standard InChI is InChI=1S/C45H79NO6/c1-5-7-9-11-13-15-17-19-21-23-25-27-29-31-33-35-43(47)50-39-42(41-52-45(49)37-38-46(3)4)40-51-44(48)36-34-32-30-28-26-24-22-20-18-16-14-12-10-8-6-2/h13-16,19-22,42H,5-12,17-18,23-41H2,1-4H3. The van der Waals surface area contributed by atoms with Gasteiger partial charge in [-0.2, -0.15) is 0 Å². The summed E-state index contributed by atoms with van der Waals surface area (Å²) in [7, 11) is 3.80. The molecule has 0 bridgehead atoms. The summed E-state index contributed by atoms with van der Waals surface area (Å²) < 4.78 is 16.5. The van der Waals surface area contributed by atoms with Crippen LogP contribution < -0.4 is 0 Å². The number of rotatable bonds is 37. The summed E-state index contributed by atoms with van der Waals surface area (Å²) in [5.41, 5.74) is 0. The highest BCUT2D eigenvalue weighted by molar-refractivity contribution is 5.70. The van der Waals surface area contributed by atoms with Gasteiger partial charge in [0.1, 0.15) is 19.8 Å². The van der Waals surface area contributed by atoms with E-state index in [0.29, 0.717) is 19.4 Å².